The first kappa shape index (κ1) is 13.1. The standard InChI is InChI=1S/C17H25NO/c1-12(2)10-14-11-19-17-15-8-4-3-6-13(15)7-5-9-16(17)18-14/h3-4,6,8,12,14,16-18H,5,7,9-11H2,1-2H3. The van der Waals surface area contributed by atoms with Crippen LogP contribution < -0.4 is 5.32 Å². The highest BCUT2D eigenvalue weighted by atomic mass is 16.5. The zero-order chi connectivity index (χ0) is 13.2. The summed E-state index contributed by atoms with van der Waals surface area (Å²) >= 11 is 0. The molecule has 2 aliphatic rings. The second-order valence-electron chi connectivity index (χ2n) is 6.44. The summed E-state index contributed by atoms with van der Waals surface area (Å²) in [5.41, 5.74) is 2.90. The van der Waals surface area contributed by atoms with Crippen LogP contribution >= 0.6 is 0 Å². The van der Waals surface area contributed by atoms with Crippen LogP contribution in [0.4, 0.5) is 0 Å². The van der Waals surface area contributed by atoms with Crippen molar-refractivity contribution in [3.63, 3.8) is 0 Å². The second kappa shape index (κ2) is 5.64. The van der Waals surface area contributed by atoms with E-state index in [1.54, 1.807) is 0 Å². The van der Waals surface area contributed by atoms with Crippen molar-refractivity contribution in [2.24, 2.45) is 5.92 Å². The van der Waals surface area contributed by atoms with Gasteiger partial charge in [0.15, 0.2) is 0 Å². The van der Waals surface area contributed by atoms with Gasteiger partial charge in [-0.1, -0.05) is 38.1 Å². The Bertz CT molecular complexity index is 429. The zero-order valence-corrected chi connectivity index (χ0v) is 12.1. The molecule has 0 amide bonds. The molecule has 1 heterocycles. The molecule has 1 fully saturated rings. The molecule has 1 N–H and O–H groups in total. The van der Waals surface area contributed by atoms with Gasteiger partial charge in [-0.05, 0) is 42.7 Å². The Hall–Kier alpha value is -0.860. The van der Waals surface area contributed by atoms with Crippen molar-refractivity contribution in [2.45, 2.75) is 57.7 Å². The molecule has 0 spiro atoms. The minimum atomic E-state index is 0.266. The lowest BCUT2D eigenvalue weighted by Gasteiger charge is -2.38. The molecule has 0 saturated carbocycles. The summed E-state index contributed by atoms with van der Waals surface area (Å²) in [6.07, 6.45) is 5.17. The first-order valence-corrected chi connectivity index (χ1v) is 7.69. The summed E-state index contributed by atoms with van der Waals surface area (Å²) in [7, 11) is 0. The van der Waals surface area contributed by atoms with Crippen molar-refractivity contribution in [1.82, 2.24) is 5.32 Å². The van der Waals surface area contributed by atoms with Crippen LogP contribution in [-0.4, -0.2) is 18.7 Å². The van der Waals surface area contributed by atoms with Crippen LogP contribution in [0, 0.1) is 5.92 Å². The molecule has 0 aromatic heterocycles. The molecule has 1 saturated heterocycles. The summed E-state index contributed by atoms with van der Waals surface area (Å²) in [6.45, 7) is 5.43. The van der Waals surface area contributed by atoms with Gasteiger partial charge >= 0.3 is 0 Å². The average Bonchev–Trinajstić information content (AvgIpc) is 2.56. The van der Waals surface area contributed by atoms with Gasteiger partial charge in [-0.2, -0.15) is 0 Å². The maximum absolute atomic E-state index is 6.24. The lowest BCUT2D eigenvalue weighted by Crippen LogP contribution is -2.50. The minimum absolute atomic E-state index is 0.266. The summed E-state index contributed by atoms with van der Waals surface area (Å²) < 4.78 is 6.24. The minimum Gasteiger partial charge on any atom is -0.370 e. The third kappa shape index (κ3) is 2.85. The summed E-state index contributed by atoms with van der Waals surface area (Å²) in [5.74, 6) is 0.732. The van der Waals surface area contributed by atoms with Gasteiger partial charge in [0.05, 0.1) is 12.7 Å². The molecule has 3 rings (SSSR count). The van der Waals surface area contributed by atoms with Gasteiger partial charge in [0, 0.05) is 12.1 Å². The molecule has 3 unspecified atom stereocenters. The molecule has 2 heteroatoms. The van der Waals surface area contributed by atoms with Crippen molar-refractivity contribution in [3.05, 3.63) is 35.4 Å². The van der Waals surface area contributed by atoms with Gasteiger partial charge < -0.3 is 10.1 Å². The largest absolute Gasteiger partial charge is 0.370 e. The van der Waals surface area contributed by atoms with Crippen LogP contribution in [0.1, 0.15) is 50.3 Å². The molecule has 1 aromatic rings. The fourth-order valence-corrected chi connectivity index (χ4v) is 3.57. The lowest BCUT2D eigenvalue weighted by molar-refractivity contribution is -0.0342. The van der Waals surface area contributed by atoms with Crippen LogP contribution in [0.25, 0.3) is 0 Å². The van der Waals surface area contributed by atoms with Crippen LogP contribution in [-0.2, 0) is 11.2 Å². The Morgan fingerprint density at radius 2 is 2.16 bits per heavy atom. The molecule has 19 heavy (non-hydrogen) atoms. The Kier molecular flexibility index (Phi) is 3.90. The number of nitrogens with one attached hydrogen (secondary N) is 1. The zero-order valence-electron chi connectivity index (χ0n) is 12.1. The molecule has 104 valence electrons. The molecular formula is C17H25NO. The van der Waals surface area contributed by atoms with E-state index in [0.29, 0.717) is 12.1 Å². The van der Waals surface area contributed by atoms with E-state index in [1.165, 1.54) is 36.8 Å². The topological polar surface area (TPSA) is 21.3 Å². The van der Waals surface area contributed by atoms with Gasteiger partial charge in [-0.25, -0.2) is 0 Å². The van der Waals surface area contributed by atoms with E-state index in [9.17, 15) is 0 Å². The first-order chi connectivity index (χ1) is 9.24. The number of ether oxygens (including phenoxy) is 1. The average molecular weight is 259 g/mol. The molecule has 0 radical (unpaired) electrons. The summed E-state index contributed by atoms with van der Waals surface area (Å²) in [4.78, 5) is 0. The third-order valence-electron chi connectivity index (χ3n) is 4.37. The van der Waals surface area contributed by atoms with Crippen LogP contribution in [0.2, 0.25) is 0 Å². The molecule has 3 atom stereocenters. The van der Waals surface area contributed by atoms with Crippen LogP contribution in [0.3, 0.4) is 0 Å². The predicted molar refractivity (Wildman–Crippen MR) is 78.2 cm³/mol. The van der Waals surface area contributed by atoms with Gasteiger partial charge in [-0.15, -0.1) is 0 Å². The highest BCUT2D eigenvalue weighted by Gasteiger charge is 2.34. The van der Waals surface area contributed by atoms with Crippen molar-refractivity contribution in [3.8, 4) is 0 Å². The Morgan fingerprint density at radius 3 is 3.00 bits per heavy atom. The monoisotopic (exact) mass is 259 g/mol. The number of benzene rings is 1. The number of aryl methyl sites for hydroxylation is 1. The van der Waals surface area contributed by atoms with Gasteiger partial charge in [-0.3, -0.25) is 0 Å². The van der Waals surface area contributed by atoms with E-state index in [0.717, 1.165) is 12.5 Å². The van der Waals surface area contributed by atoms with Crippen molar-refractivity contribution in [1.29, 1.82) is 0 Å². The van der Waals surface area contributed by atoms with E-state index in [-0.39, 0.29) is 6.10 Å². The molecule has 2 nitrogen and oxygen atoms in total. The smallest absolute Gasteiger partial charge is 0.0981 e. The second-order valence-corrected chi connectivity index (χ2v) is 6.44. The highest BCUT2D eigenvalue weighted by Crippen LogP contribution is 2.34. The normalized spacial score (nSPS) is 30.6. The van der Waals surface area contributed by atoms with E-state index in [4.69, 9.17) is 4.74 Å². The van der Waals surface area contributed by atoms with Crippen molar-refractivity contribution >= 4 is 0 Å². The fourth-order valence-electron chi connectivity index (χ4n) is 3.57. The Morgan fingerprint density at radius 1 is 1.32 bits per heavy atom. The third-order valence-corrected chi connectivity index (χ3v) is 4.37. The van der Waals surface area contributed by atoms with E-state index in [1.807, 2.05) is 0 Å². The summed E-state index contributed by atoms with van der Waals surface area (Å²) in [6, 6.07) is 9.85. The Balaban J connectivity index is 1.78. The number of rotatable bonds is 2. The Labute approximate surface area is 116 Å². The maximum Gasteiger partial charge on any atom is 0.0981 e. The van der Waals surface area contributed by atoms with E-state index >= 15 is 0 Å². The molecule has 1 aliphatic carbocycles. The van der Waals surface area contributed by atoms with Crippen LogP contribution in [0.5, 0.6) is 0 Å². The van der Waals surface area contributed by atoms with Gasteiger partial charge in [0.2, 0.25) is 0 Å². The van der Waals surface area contributed by atoms with Gasteiger partial charge in [0.1, 0.15) is 0 Å². The quantitative estimate of drug-likeness (QED) is 0.878. The van der Waals surface area contributed by atoms with Crippen LogP contribution in [0.15, 0.2) is 24.3 Å². The van der Waals surface area contributed by atoms with Crippen molar-refractivity contribution < 1.29 is 4.74 Å². The number of hydrogen-bond donors (Lipinski definition) is 1. The van der Waals surface area contributed by atoms with E-state index < -0.39 is 0 Å². The predicted octanol–water partition coefficient (Wildman–Crippen LogP) is 3.47. The van der Waals surface area contributed by atoms with E-state index in [2.05, 4.69) is 43.4 Å². The maximum atomic E-state index is 6.24. The molecular weight excluding hydrogens is 234 g/mol. The number of hydrogen-bond acceptors (Lipinski definition) is 2. The van der Waals surface area contributed by atoms with Crippen molar-refractivity contribution in [2.75, 3.05) is 6.61 Å². The fraction of sp³-hybridized carbons (Fsp3) is 0.647. The molecule has 0 bridgehead atoms. The number of fused-ring (bicyclic) bond motifs is 3. The van der Waals surface area contributed by atoms with Gasteiger partial charge in [0.25, 0.3) is 0 Å². The SMILES string of the molecule is CC(C)CC1COC2c3ccccc3CCCC2N1. The summed E-state index contributed by atoms with van der Waals surface area (Å²) in [5, 5.41) is 3.84. The molecule has 1 aliphatic heterocycles. The number of morpholine rings is 1. The lowest BCUT2D eigenvalue weighted by atomic mass is 9.94. The molecule has 1 aromatic carbocycles. The highest BCUT2D eigenvalue weighted by molar-refractivity contribution is 5.32. The first-order valence-electron chi connectivity index (χ1n) is 7.69.